The summed E-state index contributed by atoms with van der Waals surface area (Å²) in [4.78, 5) is 14.3. The van der Waals surface area contributed by atoms with E-state index in [1.54, 1.807) is 6.07 Å². The van der Waals surface area contributed by atoms with Gasteiger partial charge in [-0.05, 0) is 12.1 Å². The number of nitrogens with zero attached hydrogens (tertiary/aromatic N) is 3. The summed E-state index contributed by atoms with van der Waals surface area (Å²) in [6, 6.07) is 4.47. The lowest BCUT2D eigenvalue weighted by Gasteiger charge is -2.03. The Bertz CT molecular complexity index is 599. The minimum atomic E-state index is -0.532. The van der Waals surface area contributed by atoms with Crippen LogP contribution in [-0.2, 0) is 13.0 Å². The van der Waals surface area contributed by atoms with Crippen LogP contribution in [0.15, 0.2) is 22.7 Å². The van der Waals surface area contributed by atoms with Gasteiger partial charge in [-0.25, -0.2) is 0 Å². The van der Waals surface area contributed by atoms with Gasteiger partial charge in [0.25, 0.3) is 5.69 Å². The number of anilines is 1. The highest BCUT2D eigenvalue weighted by atomic mass is 35.5. The minimum Gasteiger partial charge on any atom is -0.376 e. The van der Waals surface area contributed by atoms with E-state index in [-0.39, 0.29) is 10.7 Å². The van der Waals surface area contributed by atoms with Gasteiger partial charge in [0.05, 0.1) is 11.5 Å². The highest BCUT2D eigenvalue weighted by Gasteiger charge is 2.13. The normalized spacial score (nSPS) is 10.4. The van der Waals surface area contributed by atoms with E-state index in [0.29, 0.717) is 30.4 Å². The smallest absolute Gasteiger partial charge is 0.289 e. The summed E-state index contributed by atoms with van der Waals surface area (Å²) in [5.74, 6) is 1.05. The number of nitro benzene ring substituents is 1. The van der Waals surface area contributed by atoms with Crippen molar-refractivity contribution in [3.8, 4) is 0 Å². The largest absolute Gasteiger partial charge is 0.376 e. The van der Waals surface area contributed by atoms with Crippen LogP contribution < -0.4 is 5.32 Å². The molecule has 19 heavy (non-hydrogen) atoms. The Hall–Kier alpha value is -2.15. The first kappa shape index (κ1) is 13.3. The monoisotopic (exact) mass is 282 g/mol. The van der Waals surface area contributed by atoms with Crippen LogP contribution in [-0.4, -0.2) is 15.1 Å². The molecule has 0 radical (unpaired) electrons. The third kappa shape index (κ3) is 3.19. The number of aryl methyl sites for hydroxylation is 1. The summed E-state index contributed by atoms with van der Waals surface area (Å²) >= 11 is 5.72. The molecule has 0 atom stereocenters. The molecule has 0 bridgehead atoms. The number of halogens is 1. The molecule has 0 saturated carbocycles. The number of nitrogens with one attached hydrogen (secondary N) is 1. The van der Waals surface area contributed by atoms with Crippen molar-refractivity contribution < 1.29 is 9.45 Å². The summed E-state index contributed by atoms with van der Waals surface area (Å²) < 4.78 is 5.00. The van der Waals surface area contributed by atoms with Crippen LogP contribution in [0.5, 0.6) is 0 Å². The fourth-order valence-electron chi connectivity index (χ4n) is 1.45. The van der Waals surface area contributed by atoms with Crippen molar-refractivity contribution >= 4 is 23.0 Å². The van der Waals surface area contributed by atoms with Crippen molar-refractivity contribution in [1.82, 2.24) is 10.1 Å². The van der Waals surface area contributed by atoms with E-state index in [2.05, 4.69) is 15.5 Å². The lowest BCUT2D eigenvalue weighted by atomic mass is 10.3. The van der Waals surface area contributed by atoms with Crippen molar-refractivity contribution in [2.45, 2.75) is 19.9 Å². The molecule has 0 saturated heterocycles. The zero-order valence-electron chi connectivity index (χ0n) is 10.1. The zero-order chi connectivity index (χ0) is 13.8. The first-order valence-electron chi connectivity index (χ1n) is 5.59. The molecule has 100 valence electrons. The second kappa shape index (κ2) is 5.66. The van der Waals surface area contributed by atoms with E-state index >= 15 is 0 Å². The Kier molecular flexibility index (Phi) is 3.96. The fourth-order valence-corrected chi connectivity index (χ4v) is 1.63. The summed E-state index contributed by atoms with van der Waals surface area (Å²) in [6.45, 7) is 2.22. The lowest BCUT2D eigenvalue weighted by molar-refractivity contribution is -0.384. The van der Waals surface area contributed by atoms with E-state index in [4.69, 9.17) is 16.1 Å². The predicted molar refractivity (Wildman–Crippen MR) is 69.1 cm³/mol. The summed E-state index contributed by atoms with van der Waals surface area (Å²) in [7, 11) is 0. The molecule has 7 nitrogen and oxygen atoms in total. The zero-order valence-corrected chi connectivity index (χ0v) is 10.8. The third-order valence-corrected chi connectivity index (χ3v) is 2.73. The van der Waals surface area contributed by atoms with Crippen LogP contribution in [0.3, 0.4) is 0 Å². The SMILES string of the molecule is CCc1noc(CNc2ccc(Cl)c([N+](=O)[O-])c2)n1. The maximum absolute atomic E-state index is 10.7. The number of nitro groups is 1. The van der Waals surface area contributed by atoms with Gasteiger partial charge in [0, 0.05) is 18.2 Å². The van der Waals surface area contributed by atoms with Crippen molar-refractivity contribution in [2.75, 3.05) is 5.32 Å². The molecule has 0 fully saturated rings. The van der Waals surface area contributed by atoms with Gasteiger partial charge in [-0.1, -0.05) is 23.7 Å². The van der Waals surface area contributed by atoms with Crippen LogP contribution >= 0.6 is 11.6 Å². The van der Waals surface area contributed by atoms with Crippen LogP contribution in [0.1, 0.15) is 18.6 Å². The highest BCUT2D eigenvalue weighted by Crippen LogP contribution is 2.27. The van der Waals surface area contributed by atoms with Gasteiger partial charge >= 0.3 is 0 Å². The summed E-state index contributed by atoms with van der Waals surface area (Å²) in [5.41, 5.74) is 0.416. The number of hydrogen-bond donors (Lipinski definition) is 1. The van der Waals surface area contributed by atoms with Crippen LogP contribution in [0.2, 0.25) is 5.02 Å². The van der Waals surface area contributed by atoms with Gasteiger partial charge in [-0.15, -0.1) is 0 Å². The van der Waals surface area contributed by atoms with Gasteiger partial charge in [0.2, 0.25) is 5.89 Å². The van der Waals surface area contributed by atoms with Crippen LogP contribution in [0.4, 0.5) is 11.4 Å². The standard InChI is InChI=1S/C11H11ClN4O3/c1-2-10-14-11(19-15-10)6-13-7-3-4-8(12)9(5-7)16(17)18/h3-5,13H,2,6H2,1H3. The van der Waals surface area contributed by atoms with Gasteiger partial charge < -0.3 is 9.84 Å². The van der Waals surface area contributed by atoms with Gasteiger partial charge in [-0.2, -0.15) is 4.98 Å². The molecule has 1 heterocycles. The number of benzene rings is 1. The van der Waals surface area contributed by atoms with Crippen molar-refractivity contribution in [2.24, 2.45) is 0 Å². The summed E-state index contributed by atoms with van der Waals surface area (Å²) in [6.07, 6.45) is 0.690. The fraction of sp³-hybridized carbons (Fsp3) is 0.273. The Morgan fingerprint density at radius 1 is 1.53 bits per heavy atom. The number of rotatable bonds is 5. The molecule has 0 amide bonds. The predicted octanol–water partition coefficient (Wildman–Crippen LogP) is 2.81. The van der Waals surface area contributed by atoms with Crippen LogP contribution in [0.25, 0.3) is 0 Å². The molecule has 2 rings (SSSR count). The van der Waals surface area contributed by atoms with E-state index in [1.165, 1.54) is 12.1 Å². The maximum atomic E-state index is 10.7. The Balaban J connectivity index is 2.07. The van der Waals surface area contributed by atoms with E-state index in [1.807, 2.05) is 6.92 Å². The Morgan fingerprint density at radius 3 is 2.95 bits per heavy atom. The molecule has 0 aliphatic heterocycles. The average molecular weight is 283 g/mol. The maximum Gasteiger partial charge on any atom is 0.289 e. The Labute approximate surface area is 113 Å². The molecule has 0 spiro atoms. The van der Waals surface area contributed by atoms with Crippen LogP contribution in [0, 0.1) is 10.1 Å². The second-order valence-electron chi connectivity index (χ2n) is 3.73. The van der Waals surface area contributed by atoms with Gasteiger partial charge in [0.1, 0.15) is 5.02 Å². The third-order valence-electron chi connectivity index (χ3n) is 2.41. The molecule has 2 aromatic rings. The second-order valence-corrected chi connectivity index (χ2v) is 4.14. The van der Waals surface area contributed by atoms with Crippen molar-refractivity contribution in [1.29, 1.82) is 0 Å². The number of aromatic nitrogens is 2. The Morgan fingerprint density at radius 2 is 2.32 bits per heavy atom. The molecule has 1 aromatic carbocycles. The van der Waals surface area contributed by atoms with Gasteiger partial charge in [0.15, 0.2) is 5.82 Å². The minimum absolute atomic E-state index is 0.0987. The summed E-state index contributed by atoms with van der Waals surface area (Å²) in [5, 5.41) is 17.6. The first-order valence-corrected chi connectivity index (χ1v) is 5.97. The van der Waals surface area contributed by atoms with E-state index in [9.17, 15) is 10.1 Å². The molecule has 1 aromatic heterocycles. The molecular weight excluding hydrogens is 272 g/mol. The first-order chi connectivity index (χ1) is 9.10. The molecule has 8 heteroatoms. The number of hydrogen-bond acceptors (Lipinski definition) is 6. The molecule has 0 aliphatic carbocycles. The molecule has 0 aliphatic rings. The highest BCUT2D eigenvalue weighted by molar-refractivity contribution is 6.32. The van der Waals surface area contributed by atoms with Gasteiger partial charge in [-0.3, -0.25) is 10.1 Å². The molecule has 0 unspecified atom stereocenters. The topological polar surface area (TPSA) is 94.1 Å². The average Bonchev–Trinajstić information content (AvgIpc) is 2.85. The molecule has 1 N–H and O–H groups in total. The van der Waals surface area contributed by atoms with Crippen molar-refractivity contribution in [3.63, 3.8) is 0 Å². The quantitative estimate of drug-likeness (QED) is 0.669. The molecular formula is C11H11ClN4O3. The van der Waals surface area contributed by atoms with Crippen molar-refractivity contribution in [3.05, 3.63) is 45.1 Å². The lowest BCUT2D eigenvalue weighted by Crippen LogP contribution is -2.00. The van der Waals surface area contributed by atoms with E-state index < -0.39 is 4.92 Å². The van der Waals surface area contributed by atoms with E-state index in [0.717, 1.165) is 0 Å².